The number of carbonyl (C=O) groups is 2. The van der Waals surface area contributed by atoms with Gasteiger partial charge in [-0.25, -0.2) is 4.79 Å². The Morgan fingerprint density at radius 3 is 2.21 bits per heavy atom. The molecule has 1 amide bonds. The zero-order valence-corrected chi connectivity index (χ0v) is 15.9. The van der Waals surface area contributed by atoms with E-state index in [1.807, 2.05) is 0 Å². The van der Waals surface area contributed by atoms with Gasteiger partial charge in [0.15, 0.2) is 11.5 Å². The van der Waals surface area contributed by atoms with E-state index >= 15 is 0 Å². The van der Waals surface area contributed by atoms with E-state index < -0.39 is 23.7 Å². The van der Waals surface area contributed by atoms with Gasteiger partial charge in [-0.1, -0.05) is 15.9 Å². The molecule has 1 aromatic rings. The van der Waals surface area contributed by atoms with Gasteiger partial charge in [-0.05, 0) is 38.5 Å². The summed E-state index contributed by atoms with van der Waals surface area (Å²) in [6.07, 6.45) is -1.01. The SMILES string of the molecule is COc1cc(Br)c([C@H](CC(=O)O)NC(=O)OC(C)(C)C)cc1OC. The van der Waals surface area contributed by atoms with Crippen LogP contribution < -0.4 is 14.8 Å². The fraction of sp³-hybridized carbons (Fsp3) is 0.500. The number of amides is 1. The fourth-order valence-electron chi connectivity index (χ4n) is 2.00. The Balaban J connectivity index is 3.16. The van der Waals surface area contributed by atoms with Crippen molar-refractivity contribution in [3.05, 3.63) is 22.2 Å². The molecule has 7 nitrogen and oxygen atoms in total. The number of rotatable bonds is 6. The molecular weight excluding hydrogens is 382 g/mol. The summed E-state index contributed by atoms with van der Waals surface area (Å²) in [5.41, 5.74) is -0.145. The van der Waals surface area contributed by atoms with Crippen LogP contribution in [0.1, 0.15) is 38.8 Å². The van der Waals surface area contributed by atoms with Gasteiger partial charge in [-0.3, -0.25) is 4.79 Å². The summed E-state index contributed by atoms with van der Waals surface area (Å²) in [6, 6.07) is 2.47. The zero-order valence-electron chi connectivity index (χ0n) is 14.3. The number of hydrogen-bond acceptors (Lipinski definition) is 5. The number of hydrogen-bond donors (Lipinski definition) is 2. The third kappa shape index (κ3) is 5.92. The molecule has 0 aromatic heterocycles. The van der Waals surface area contributed by atoms with E-state index in [1.54, 1.807) is 32.9 Å². The molecule has 0 radical (unpaired) electrons. The number of aliphatic carboxylic acids is 1. The van der Waals surface area contributed by atoms with Crippen molar-refractivity contribution in [3.63, 3.8) is 0 Å². The second-order valence-electron chi connectivity index (χ2n) is 6.03. The molecule has 0 bridgehead atoms. The van der Waals surface area contributed by atoms with Gasteiger partial charge in [0, 0.05) is 4.47 Å². The maximum Gasteiger partial charge on any atom is 0.408 e. The number of methoxy groups -OCH3 is 2. The first-order chi connectivity index (χ1) is 11.1. The maximum atomic E-state index is 12.0. The summed E-state index contributed by atoms with van der Waals surface area (Å²) < 4.78 is 16.2. The molecular formula is C16H22BrNO6. The second-order valence-corrected chi connectivity index (χ2v) is 6.88. The standard InChI is InChI=1S/C16H22BrNO6/c1-16(2,3)24-15(21)18-11(8-14(19)20)9-6-12(22-4)13(23-5)7-10(9)17/h6-7,11H,8H2,1-5H3,(H,18,21)(H,19,20)/t11-/m0/s1. The zero-order chi connectivity index (χ0) is 18.5. The first-order valence-electron chi connectivity index (χ1n) is 7.20. The smallest absolute Gasteiger partial charge is 0.408 e. The average Bonchev–Trinajstić information content (AvgIpc) is 2.43. The number of carbonyl (C=O) groups excluding carboxylic acids is 1. The minimum atomic E-state index is -1.06. The lowest BCUT2D eigenvalue weighted by molar-refractivity contribution is -0.137. The minimum absolute atomic E-state index is 0.312. The van der Waals surface area contributed by atoms with Crippen molar-refractivity contribution in [2.45, 2.75) is 38.8 Å². The van der Waals surface area contributed by atoms with Crippen LogP contribution in [0.15, 0.2) is 16.6 Å². The van der Waals surface area contributed by atoms with Gasteiger partial charge >= 0.3 is 12.1 Å². The van der Waals surface area contributed by atoms with E-state index in [0.717, 1.165) is 0 Å². The minimum Gasteiger partial charge on any atom is -0.493 e. The van der Waals surface area contributed by atoms with E-state index in [1.165, 1.54) is 14.2 Å². The highest BCUT2D eigenvalue weighted by molar-refractivity contribution is 9.10. The van der Waals surface area contributed by atoms with Gasteiger partial charge in [0.1, 0.15) is 5.60 Å². The van der Waals surface area contributed by atoms with Crippen molar-refractivity contribution in [1.82, 2.24) is 5.32 Å². The molecule has 24 heavy (non-hydrogen) atoms. The third-order valence-electron chi connectivity index (χ3n) is 2.95. The summed E-state index contributed by atoms with van der Waals surface area (Å²) in [6.45, 7) is 5.18. The largest absolute Gasteiger partial charge is 0.493 e. The Bertz CT molecular complexity index is 611. The molecule has 0 saturated heterocycles. The van der Waals surface area contributed by atoms with Crippen molar-refractivity contribution in [1.29, 1.82) is 0 Å². The summed E-state index contributed by atoms with van der Waals surface area (Å²) in [7, 11) is 2.97. The monoisotopic (exact) mass is 403 g/mol. The number of halogens is 1. The van der Waals surface area contributed by atoms with E-state index in [9.17, 15) is 9.59 Å². The average molecular weight is 404 g/mol. The number of carboxylic acid groups (broad SMARTS) is 1. The molecule has 0 aliphatic carbocycles. The lowest BCUT2D eigenvalue weighted by Crippen LogP contribution is -2.36. The molecule has 0 unspecified atom stereocenters. The van der Waals surface area contributed by atoms with Gasteiger partial charge < -0.3 is 24.6 Å². The lowest BCUT2D eigenvalue weighted by atomic mass is 10.0. The van der Waals surface area contributed by atoms with Crippen LogP contribution in [-0.2, 0) is 9.53 Å². The molecule has 0 fully saturated rings. The summed E-state index contributed by atoms with van der Waals surface area (Å²) >= 11 is 3.37. The third-order valence-corrected chi connectivity index (χ3v) is 3.63. The quantitative estimate of drug-likeness (QED) is 0.754. The van der Waals surface area contributed by atoms with E-state index in [2.05, 4.69) is 21.2 Å². The number of nitrogens with one attached hydrogen (secondary N) is 1. The molecule has 0 saturated carbocycles. The molecule has 8 heteroatoms. The van der Waals surface area contributed by atoms with Crippen LogP contribution in [0.25, 0.3) is 0 Å². The van der Waals surface area contributed by atoms with E-state index in [4.69, 9.17) is 19.3 Å². The van der Waals surface area contributed by atoms with Crippen LogP contribution in [-0.4, -0.2) is 37.0 Å². The molecule has 0 aliphatic heterocycles. The van der Waals surface area contributed by atoms with Gasteiger partial charge in [-0.15, -0.1) is 0 Å². The normalized spacial score (nSPS) is 12.2. The molecule has 1 atom stereocenters. The fourth-order valence-corrected chi connectivity index (χ4v) is 2.60. The van der Waals surface area contributed by atoms with Crippen LogP contribution >= 0.6 is 15.9 Å². The molecule has 2 N–H and O–H groups in total. The number of carboxylic acids is 1. The number of alkyl carbamates (subject to hydrolysis) is 1. The maximum absolute atomic E-state index is 12.0. The second kappa shape index (κ2) is 8.23. The molecule has 0 aliphatic rings. The summed E-state index contributed by atoms with van der Waals surface area (Å²) in [5.74, 6) is -0.144. The highest BCUT2D eigenvalue weighted by atomic mass is 79.9. The van der Waals surface area contributed by atoms with Crippen LogP contribution in [0.4, 0.5) is 4.79 Å². The Morgan fingerprint density at radius 1 is 1.21 bits per heavy atom. The summed E-state index contributed by atoms with van der Waals surface area (Å²) in [4.78, 5) is 23.2. The molecule has 134 valence electrons. The van der Waals surface area contributed by atoms with Crippen LogP contribution in [0, 0.1) is 0 Å². The first kappa shape index (κ1) is 20.1. The van der Waals surface area contributed by atoms with E-state index in [0.29, 0.717) is 21.5 Å². The highest BCUT2D eigenvalue weighted by Gasteiger charge is 2.25. The van der Waals surface area contributed by atoms with Crippen molar-refractivity contribution in [3.8, 4) is 11.5 Å². The van der Waals surface area contributed by atoms with Crippen molar-refractivity contribution >= 4 is 28.0 Å². The molecule has 0 spiro atoms. The van der Waals surface area contributed by atoms with Gasteiger partial charge in [0.05, 0.1) is 26.7 Å². The summed E-state index contributed by atoms with van der Waals surface area (Å²) in [5, 5.41) is 11.7. The number of ether oxygens (including phenoxy) is 3. The van der Waals surface area contributed by atoms with Crippen LogP contribution in [0.5, 0.6) is 11.5 Å². The number of benzene rings is 1. The van der Waals surface area contributed by atoms with Crippen LogP contribution in [0.3, 0.4) is 0 Å². The molecule has 0 heterocycles. The van der Waals surface area contributed by atoms with Gasteiger partial charge in [0.25, 0.3) is 0 Å². The van der Waals surface area contributed by atoms with E-state index in [-0.39, 0.29) is 6.42 Å². The first-order valence-corrected chi connectivity index (χ1v) is 7.99. The van der Waals surface area contributed by atoms with Gasteiger partial charge in [0.2, 0.25) is 0 Å². The molecule has 1 rings (SSSR count). The highest BCUT2D eigenvalue weighted by Crippen LogP contribution is 2.37. The Hall–Kier alpha value is -1.96. The van der Waals surface area contributed by atoms with Crippen molar-refractivity contribution in [2.75, 3.05) is 14.2 Å². The van der Waals surface area contributed by atoms with Gasteiger partial charge in [-0.2, -0.15) is 0 Å². The van der Waals surface area contributed by atoms with Crippen LogP contribution in [0.2, 0.25) is 0 Å². The van der Waals surface area contributed by atoms with Crippen molar-refractivity contribution in [2.24, 2.45) is 0 Å². The molecule has 1 aromatic carbocycles. The Labute approximate surface area is 149 Å². The Morgan fingerprint density at radius 2 is 1.75 bits per heavy atom. The lowest BCUT2D eigenvalue weighted by Gasteiger charge is -2.24. The topological polar surface area (TPSA) is 94.1 Å². The van der Waals surface area contributed by atoms with Crippen molar-refractivity contribution < 1.29 is 28.9 Å². The predicted octanol–water partition coefficient (Wildman–Crippen LogP) is 3.51. The Kier molecular flexibility index (Phi) is 6.89. The predicted molar refractivity (Wildman–Crippen MR) is 91.6 cm³/mol.